The topological polar surface area (TPSA) is 57.5 Å². The van der Waals surface area contributed by atoms with E-state index in [9.17, 15) is 0 Å². The van der Waals surface area contributed by atoms with E-state index < -0.39 is 0 Å². The molecule has 0 amide bonds. The van der Waals surface area contributed by atoms with E-state index in [0.717, 1.165) is 32.1 Å². The van der Waals surface area contributed by atoms with Gasteiger partial charge in [0.15, 0.2) is 5.96 Å². The second-order valence-electron chi connectivity index (χ2n) is 6.70. The summed E-state index contributed by atoms with van der Waals surface area (Å²) in [4.78, 5) is 7.23. The standard InChI is InChI=1S/C18H34N6.HI/c1-5-15(6-2)11-20-18(19-7-3)22-16-9-8-10-24(13-16)17-12-21-23(4)14-17;/h12,14-16H,5-11,13H2,1-4H3,(H2,19,20,22);1H. The van der Waals surface area contributed by atoms with Gasteiger partial charge in [-0.25, -0.2) is 0 Å². The van der Waals surface area contributed by atoms with Crippen LogP contribution in [0.5, 0.6) is 0 Å². The van der Waals surface area contributed by atoms with Crippen LogP contribution in [0.1, 0.15) is 46.5 Å². The largest absolute Gasteiger partial charge is 0.367 e. The third-order valence-electron chi connectivity index (χ3n) is 4.83. The van der Waals surface area contributed by atoms with E-state index in [1.54, 1.807) is 0 Å². The van der Waals surface area contributed by atoms with E-state index in [1.807, 2.05) is 17.9 Å². The summed E-state index contributed by atoms with van der Waals surface area (Å²) in [7, 11) is 1.97. The van der Waals surface area contributed by atoms with Gasteiger partial charge in [0.05, 0.1) is 11.9 Å². The van der Waals surface area contributed by atoms with Crippen LogP contribution in [0.3, 0.4) is 0 Å². The van der Waals surface area contributed by atoms with Crippen LogP contribution in [0.4, 0.5) is 5.69 Å². The van der Waals surface area contributed by atoms with Crippen LogP contribution in [0.2, 0.25) is 0 Å². The first-order valence-electron chi connectivity index (χ1n) is 9.44. The number of piperidine rings is 1. The molecule has 1 aliphatic heterocycles. The van der Waals surface area contributed by atoms with Crippen molar-refractivity contribution in [3.8, 4) is 0 Å². The summed E-state index contributed by atoms with van der Waals surface area (Å²) >= 11 is 0. The summed E-state index contributed by atoms with van der Waals surface area (Å²) in [6, 6.07) is 0.429. The van der Waals surface area contributed by atoms with Crippen molar-refractivity contribution in [3.63, 3.8) is 0 Å². The third-order valence-corrected chi connectivity index (χ3v) is 4.83. The van der Waals surface area contributed by atoms with Gasteiger partial charge in [0.1, 0.15) is 0 Å². The minimum atomic E-state index is 0. The average molecular weight is 462 g/mol. The van der Waals surface area contributed by atoms with Crippen LogP contribution in [-0.4, -0.2) is 48.0 Å². The number of aromatic nitrogens is 2. The maximum Gasteiger partial charge on any atom is 0.191 e. The van der Waals surface area contributed by atoms with E-state index >= 15 is 0 Å². The molecular weight excluding hydrogens is 427 g/mol. The molecule has 2 rings (SSSR count). The number of halogens is 1. The number of nitrogens with zero attached hydrogens (tertiary/aromatic N) is 4. The first-order chi connectivity index (χ1) is 11.7. The Balaban J connectivity index is 0.00000312. The Morgan fingerprint density at radius 2 is 2.12 bits per heavy atom. The van der Waals surface area contributed by atoms with Crippen molar-refractivity contribution < 1.29 is 0 Å². The van der Waals surface area contributed by atoms with Crippen molar-refractivity contribution in [2.24, 2.45) is 18.0 Å². The molecule has 0 aromatic carbocycles. The molecule has 0 spiro atoms. The fourth-order valence-electron chi connectivity index (χ4n) is 3.18. The number of anilines is 1. The molecule has 2 heterocycles. The van der Waals surface area contributed by atoms with E-state index in [2.05, 4.69) is 47.6 Å². The molecule has 1 atom stereocenters. The van der Waals surface area contributed by atoms with Crippen LogP contribution < -0.4 is 15.5 Å². The lowest BCUT2D eigenvalue weighted by molar-refractivity contribution is 0.464. The third kappa shape index (κ3) is 7.03. The Hall–Kier alpha value is -0.990. The zero-order valence-electron chi connectivity index (χ0n) is 16.2. The lowest BCUT2D eigenvalue weighted by Gasteiger charge is -2.34. The number of rotatable bonds is 7. The predicted octanol–water partition coefficient (Wildman–Crippen LogP) is 3.00. The van der Waals surface area contributed by atoms with Crippen molar-refractivity contribution in [3.05, 3.63) is 12.4 Å². The highest BCUT2D eigenvalue weighted by Crippen LogP contribution is 2.19. The van der Waals surface area contributed by atoms with Crippen LogP contribution in [0.15, 0.2) is 17.4 Å². The smallest absolute Gasteiger partial charge is 0.191 e. The fraction of sp³-hybridized carbons (Fsp3) is 0.778. The summed E-state index contributed by atoms with van der Waals surface area (Å²) < 4.78 is 1.87. The SMILES string of the molecule is CCNC(=NCC(CC)CC)NC1CCCN(c2cnn(C)c2)C1.I. The number of aryl methyl sites for hydroxylation is 1. The van der Waals surface area contributed by atoms with E-state index in [-0.39, 0.29) is 24.0 Å². The maximum atomic E-state index is 4.81. The minimum absolute atomic E-state index is 0. The van der Waals surface area contributed by atoms with Crippen molar-refractivity contribution in [1.82, 2.24) is 20.4 Å². The molecule has 1 saturated heterocycles. The van der Waals surface area contributed by atoms with E-state index in [0.29, 0.717) is 12.0 Å². The maximum absolute atomic E-state index is 4.81. The molecule has 1 aromatic heterocycles. The van der Waals surface area contributed by atoms with Gasteiger partial charge in [0.25, 0.3) is 0 Å². The number of aliphatic imine (C=N–C) groups is 1. The highest BCUT2D eigenvalue weighted by molar-refractivity contribution is 14.0. The zero-order valence-corrected chi connectivity index (χ0v) is 18.5. The molecule has 0 bridgehead atoms. The Labute approximate surface area is 169 Å². The summed E-state index contributed by atoms with van der Waals surface area (Å²) in [6.45, 7) is 10.5. The van der Waals surface area contributed by atoms with Gasteiger partial charge in [-0.05, 0) is 25.7 Å². The molecule has 0 saturated carbocycles. The molecule has 1 aliphatic rings. The number of hydrogen-bond donors (Lipinski definition) is 2. The molecule has 1 unspecified atom stereocenters. The highest BCUT2D eigenvalue weighted by Gasteiger charge is 2.21. The number of nitrogens with one attached hydrogen (secondary N) is 2. The summed E-state index contributed by atoms with van der Waals surface area (Å²) in [6.07, 6.45) is 8.81. The van der Waals surface area contributed by atoms with E-state index in [4.69, 9.17) is 4.99 Å². The summed E-state index contributed by atoms with van der Waals surface area (Å²) in [5.41, 5.74) is 1.21. The molecule has 1 aromatic rings. The fourth-order valence-corrected chi connectivity index (χ4v) is 3.18. The summed E-state index contributed by atoms with van der Waals surface area (Å²) in [5.74, 6) is 1.64. The predicted molar refractivity (Wildman–Crippen MR) is 117 cm³/mol. The zero-order chi connectivity index (χ0) is 17.4. The molecule has 0 aliphatic carbocycles. The van der Waals surface area contributed by atoms with Gasteiger partial charge in [-0.1, -0.05) is 26.7 Å². The van der Waals surface area contributed by atoms with Crippen molar-refractivity contribution in [2.75, 3.05) is 31.1 Å². The molecule has 0 radical (unpaired) electrons. The molecule has 7 heteroatoms. The second kappa shape index (κ2) is 11.6. The Bertz CT molecular complexity index is 511. The van der Waals surface area contributed by atoms with Crippen molar-refractivity contribution in [1.29, 1.82) is 0 Å². The monoisotopic (exact) mass is 462 g/mol. The molecular formula is C18H35IN6. The lowest BCUT2D eigenvalue weighted by atomic mass is 10.0. The van der Waals surface area contributed by atoms with Gasteiger partial charge in [-0.15, -0.1) is 24.0 Å². The Morgan fingerprint density at radius 1 is 1.36 bits per heavy atom. The van der Waals surface area contributed by atoms with Gasteiger partial charge < -0.3 is 15.5 Å². The van der Waals surface area contributed by atoms with Crippen LogP contribution >= 0.6 is 24.0 Å². The summed E-state index contributed by atoms with van der Waals surface area (Å²) in [5, 5.41) is 11.3. The molecule has 1 fully saturated rings. The van der Waals surface area contributed by atoms with E-state index in [1.165, 1.54) is 31.4 Å². The Morgan fingerprint density at radius 3 is 2.72 bits per heavy atom. The number of guanidine groups is 1. The highest BCUT2D eigenvalue weighted by atomic mass is 127. The lowest BCUT2D eigenvalue weighted by Crippen LogP contribution is -2.51. The molecule has 144 valence electrons. The molecule has 2 N–H and O–H groups in total. The molecule has 25 heavy (non-hydrogen) atoms. The quantitative estimate of drug-likeness (QED) is 0.372. The first kappa shape index (κ1) is 22.1. The van der Waals surface area contributed by atoms with Crippen LogP contribution in [0.25, 0.3) is 0 Å². The number of hydrogen-bond acceptors (Lipinski definition) is 3. The van der Waals surface area contributed by atoms with Gasteiger partial charge in [-0.2, -0.15) is 5.10 Å². The van der Waals surface area contributed by atoms with Gasteiger partial charge in [0, 0.05) is 45.5 Å². The van der Waals surface area contributed by atoms with Gasteiger partial charge in [-0.3, -0.25) is 9.67 Å². The molecule has 6 nitrogen and oxygen atoms in total. The van der Waals surface area contributed by atoms with Crippen molar-refractivity contribution >= 4 is 35.6 Å². The van der Waals surface area contributed by atoms with Crippen LogP contribution in [-0.2, 0) is 7.05 Å². The normalized spacial score (nSPS) is 18.2. The average Bonchev–Trinajstić information content (AvgIpc) is 3.03. The second-order valence-corrected chi connectivity index (χ2v) is 6.70. The Kier molecular flexibility index (Phi) is 10.2. The first-order valence-corrected chi connectivity index (χ1v) is 9.44. The van der Waals surface area contributed by atoms with Crippen molar-refractivity contribution in [2.45, 2.75) is 52.5 Å². The van der Waals surface area contributed by atoms with Crippen LogP contribution in [0, 0.1) is 5.92 Å². The minimum Gasteiger partial charge on any atom is -0.367 e. The van der Waals surface area contributed by atoms with Gasteiger partial charge in [0.2, 0.25) is 0 Å². The van der Waals surface area contributed by atoms with Gasteiger partial charge >= 0.3 is 0 Å².